The van der Waals surface area contributed by atoms with E-state index in [0.717, 1.165) is 5.69 Å². The number of rotatable bonds is 2. The third kappa shape index (κ3) is 2.29. The zero-order chi connectivity index (χ0) is 13.4. The van der Waals surface area contributed by atoms with E-state index in [2.05, 4.69) is 34.8 Å². The van der Waals surface area contributed by atoms with Crippen molar-refractivity contribution in [2.45, 2.75) is 52.0 Å². The molecule has 1 aliphatic carbocycles. The minimum atomic E-state index is 0.650. The monoisotopic (exact) mass is 275 g/mol. The zero-order valence-corrected chi connectivity index (χ0v) is 12.5. The molecule has 0 aromatic carbocycles. The number of hydrogen-bond acceptors (Lipinski definition) is 3. The maximum absolute atomic E-state index is 5.75. The molecule has 1 aliphatic rings. The highest BCUT2D eigenvalue weighted by atomic mass is 32.1. The summed E-state index contributed by atoms with van der Waals surface area (Å²) >= 11 is 1.52. The van der Waals surface area contributed by atoms with Gasteiger partial charge in [0.05, 0.1) is 5.69 Å². The lowest BCUT2D eigenvalue weighted by molar-refractivity contribution is 0.346. The van der Waals surface area contributed by atoms with Gasteiger partial charge in [0, 0.05) is 28.4 Å². The minimum absolute atomic E-state index is 0.650. The summed E-state index contributed by atoms with van der Waals surface area (Å²) in [5.74, 6) is 0. The smallest absolute Gasteiger partial charge is 0.180 e. The number of anilines is 1. The lowest BCUT2D eigenvalue weighted by Gasteiger charge is -2.26. The zero-order valence-electron chi connectivity index (χ0n) is 11.6. The molecule has 4 heteroatoms. The number of nitrogens with zero attached hydrogens (tertiary/aromatic N) is 2. The Labute approximate surface area is 118 Å². The van der Waals surface area contributed by atoms with Crippen LogP contribution in [0.25, 0.3) is 11.3 Å². The van der Waals surface area contributed by atoms with Crippen molar-refractivity contribution in [1.82, 2.24) is 9.55 Å². The predicted octanol–water partition coefficient (Wildman–Crippen LogP) is 4.32. The van der Waals surface area contributed by atoms with E-state index < -0.39 is 0 Å². The highest BCUT2D eigenvalue weighted by Crippen LogP contribution is 2.35. The van der Waals surface area contributed by atoms with Crippen molar-refractivity contribution in [3.05, 3.63) is 22.8 Å². The van der Waals surface area contributed by atoms with Gasteiger partial charge in [-0.15, -0.1) is 11.3 Å². The van der Waals surface area contributed by atoms with E-state index in [4.69, 9.17) is 5.73 Å². The van der Waals surface area contributed by atoms with E-state index in [1.807, 2.05) is 0 Å². The average Bonchev–Trinajstić information content (AvgIpc) is 2.95. The molecule has 0 bridgehead atoms. The molecule has 102 valence electrons. The summed E-state index contributed by atoms with van der Waals surface area (Å²) < 4.78 is 2.52. The topological polar surface area (TPSA) is 43.8 Å². The Morgan fingerprint density at radius 1 is 1.26 bits per heavy atom. The molecule has 19 heavy (non-hydrogen) atoms. The van der Waals surface area contributed by atoms with Crippen LogP contribution in [0.2, 0.25) is 0 Å². The van der Waals surface area contributed by atoms with E-state index in [0.29, 0.717) is 11.2 Å². The lowest BCUT2D eigenvalue weighted by atomic mass is 9.95. The maximum Gasteiger partial charge on any atom is 0.180 e. The van der Waals surface area contributed by atoms with Crippen molar-refractivity contribution >= 4 is 16.5 Å². The van der Waals surface area contributed by atoms with E-state index in [1.165, 1.54) is 60.4 Å². The molecule has 0 radical (unpaired) electrons. The molecule has 1 saturated carbocycles. The van der Waals surface area contributed by atoms with Gasteiger partial charge in [-0.2, -0.15) is 0 Å². The van der Waals surface area contributed by atoms with Gasteiger partial charge in [0.25, 0.3) is 0 Å². The van der Waals surface area contributed by atoms with Crippen LogP contribution in [0, 0.1) is 13.8 Å². The molecule has 0 atom stereocenters. The molecular formula is C15H21N3S. The summed E-state index contributed by atoms with van der Waals surface area (Å²) in [4.78, 5) is 4.42. The second-order valence-corrected chi connectivity index (χ2v) is 6.41. The molecule has 1 fully saturated rings. The lowest BCUT2D eigenvalue weighted by Crippen LogP contribution is -2.15. The Morgan fingerprint density at radius 3 is 2.63 bits per heavy atom. The van der Waals surface area contributed by atoms with Crippen LogP contribution in [0.3, 0.4) is 0 Å². The molecule has 2 aromatic heterocycles. The number of nitrogen functional groups attached to an aromatic ring is 1. The fourth-order valence-corrected chi connectivity index (χ4v) is 3.91. The number of nitrogens with two attached hydrogens (primary N) is 1. The molecule has 2 heterocycles. The molecular weight excluding hydrogens is 254 g/mol. The fraction of sp³-hybridized carbons (Fsp3) is 0.533. The van der Waals surface area contributed by atoms with E-state index >= 15 is 0 Å². The summed E-state index contributed by atoms with van der Waals surface area (Å²) in [7, 11) is 0. The first-order valence-corrected chi connectivity index (χ1v) is 7.94. The number of hydrogen-bond donors (Lipinski definition) is 1. The van der Waals surface area contributed by atoms with Crippen LogP contribution >= 0.6 is 11.3 Å². The molecule has 2 N–H and O–H groups in total. The van der Waals surface area contributed by atoms with Gasteiger partial charge in [-0.3, -0.25) is 0 Å². The van der Waals surface area contributed by atoms with Crippen LogP contribution in [0.5, 0.6) is 0 Å². The third-order valence-corrected chi connectivity index (χ3v) is 4.90. The van der Waals surface area contributed by atoms with Gasteiger partial charge in [0.2, 0.25) is 0 Å². The van der Waals surface area contributed by atoms with Crippen molar-refractivity contribution in [3.63, 3.8) is 0 Å². The highest BCUT2D eigenvalue weighted by molar-refractivity contribution is 7.13. The normalized spacial score (nSPS) is 16.9. The Morgan fingerprint density at radius 2 is 2.00 bits per heavy atom. The van der Waals surface area contributed by atoms with Crippen LogP contribution in [-0.4, -0.2) is 9.55 Å². The molecule has 0 unspecified atom stereocenters. The standard InChI is InChI=1S/C15H21N3S/c1-10-8-13(14-9-19-15(16)17-14)11(2)18(10)12-6-4-3-5-7-12/h8-9,12H,3-7H2,1-2H3,(H2,16,17). The Balaban J connectivity index is 2.00. The van der Waals surface area contributed by atoms with Crippen molar-refractivity contribution in [2.75, 3.05) is 5.73 Å². The second kappa shape index (κ2) is 5.00. The van der Waals surface area contributed by atoms with Crippen molar-refractivity contribution < 1.29 is 0 Å². The van der Waals surface area contributed by atoms with Crippen LogP contribution in [0.15, 0.2) is 11.4 Å². The van der Waals surface area contributed by atoms with Crippen molar-refractivity contribution in [2.24, 2.45) is 0 Å². The summed E-state index contributed by atoms with van der Waals surface area (Å²) in [6.07, 6.45) is 6.75. The maximum atomic E-state index is 5.75. The quantitative estimate of drug-likeness (QED) is 0.887. The Hall–Kier alpha value is -1.29. The fourth-order valence-electron chi connectivity index (χ4n) is 3.35. The van der Waals surface area contributed by atoms with Gasteiger partial charge >= 0.3 is 0 Å². The van der Waals surface area contributed by atoms with E-state index in [1.54, 1.807) is 0 Å². The molecule has 3 rings (SSSR count). The average molecular weight is 275 g/mol. The summed E-state index contributed by atoms with van der Waals surface area (Å²) in [6.45, 7) is 4.42. The van der Waals surface area contributed by atoms with Gasteiger partial charge < -0.3 is 10.3 Å². The first kappa shape index (κ1) is 12.7. The highest BCUT2D eigenvalue weighted by Gasteiger charge is 2.21. The van der Waals surface area contributed by atoms with Crippen LogP contribution in [0.1, 0.15) is 49.5 Å². The van der Waals surface area contributed by atoms with Gasteiger partial charge in [0.15, 0.2) is 5.13 Å². The van der Waals surface area contributed by atoms with Crippen LogP contribution in [-0.2, 0) is 0 Å². The van der Waals surface area contributed by atoms with E-state index in [-0.39, 0.29) is 0 Å². The second-order valence-electron chi connectivity index (χ2n) is 5.52. The Bertz CT molecular complexity index is 576. The summed E-state index contributed by atoms with van der Waals surface area (Å²) in [5, 5.41) is 2.71. The largest absolute Gasteiger partial charge is 0.375 e. The summed E-state index contributed by atoms with van der Waals surface area (Å²) in [6, 6.07) is 2.94. The van der Waals surface area contributed by atoms with Crippen molar-refractivity contribution in [3.8, 4) is 11.3 Å². The third-order valence-electron chi connectivity index (χ3n) is 4.22. The molecule has 0 spiro atoms. The molecule has 2 aromatic rings. The SMILES string of the molecule is Cc1cc(-c2csc(N)n2)c(C)n1C1CCCCC1. The van der Waals surface area contributed by atoms with Gasteiger partial charge in [0.1, 0.15) is 0 Å². The molecule has 3 nitrogen and oxygen atoms in total. The van der Waals surface area contributed by atoms with Gasteiger partial charge in [-0.1, -0.05) is 19.3 Å². The summed E-state index contributed by atoms with van der Waals surface area (Å²) in [5.41, 5.74) is 10.7. The first-order chi connectivity index (χ1) is 9.16. The number of aryl methyl sites for hydroxylation is 1. The molecule has 0 aliphatic heterocycles. The first-order valence-electron chi connectivity index (χ1n) is 7.06. The van der Waals surface area contributed by atoms with Gasteiger partial charge in [-0.05, 0) is 32.8 Å². The minimum Gasteiger partial charge on any atom is -0.375 e. The predicted molar refractivity (Wildman–Crippen MR) is 81.5 cm³/mol. The van der Waals surface area contributed by atoms with Crippen LogP contribution < -0.4 is 5.73 Å². The van der Waals surface area contributed by atoms with Crippen LogP contribution in [0.4, 0.5) is 5.13 Å². The number of thiazole rings is 1. The Kier molecular flexibility index (Phi) is 3.35. The number of aromatic nitrogens is 2. The van der Waals surface area contributed by atoms with Gasteiger partial charge in [-0.25, -0.2) is 4.98 Å². The van der Waals surface area contributed by atoms with E-state index in [9.17, 15) is 0 Å². The molecule has 0 saturated heterocycles. The molecule has 0 amide bonds. The van der Waals surface area contributed by atoms with Crippen molar-refractivity contribution in [1.29, 1.82) is 0 Å².